The molecule has 0 spiro atoms. The lowest BCUT2D eigenvalue weighted by atomic mass is 10.7. The first-order valence-corrected chi connectivity index (χ1v) is 6.72. The van der Waals surface area contributed by atoms with Crippen LogP contribution in [0.3, 0.4) is 0 Å². The predicted octanol–water partition coefficient (Wildman–Crippen LogP) is 1.53. The minimum Gasteiger partial charge on any atom is -0.496 e. The van der Waals surface area contributed by atoms with E-state index in [1.165, 1.54) is 37.6 Å². The van der Waals surface area contributed by atoms with Crippen LogP contribution in [0.4, 0.5) is 0 Å². The highest BCUT2D eigenvalue weighted by molar-refractivity contribution is 4.64. The van der Waals surface area contributed by atoms with E-state index in [-0.39, 0.29) is 0 Å². The van der Waals surface area contributed by atoms with E-state index in [0.29, 0.717) is 52.9 Å². The van der Waals surface area contributed by atoms with E-state index in [1.807, 2.05) is 0 Å². The number of rotatable bonds is 0. The molecule has 1 rings (SSSR count). The molecule has 120 valence electrons. The van der Waals surface area contributed by atoms with E-state index in [1.54, 1.807) is 0 Å². The summed E-state index contributed by atoms with van der Waals surface area (Å²) < 4.78 is 36.1. The monoisotopic (exact) mass is 302 g/mol. The average Bonchev–Trinajstić information content (AvgIpc) is 2.50. The van der Waals surface area contributed by atoms with Gasteiger partial charge in [-0.25, -0.2) is 0 Å². The lowest BCUT2D eigenvalue weighted by molar-refractivity contribution is 0.0521. The number of hydrogen-bond donors (Lipinski definition) is 0. The molecule has 1 aliphatic rings. The molecule has 7 nitrogen and oxygen atoms in total. The Morgan fingerprint density at radius 1 is 0.333 bits per heavy atom. The van der Waals surface area contributed by atoms with E-state index in [9.17, 15) is 0 Å². The third kappa shape index (κ3) is 12.7. The Labute approximate surface area is 124 Å². The minimum absolute atomic E-state index is 0.421. The average molecular weight is 302 g/mol. The van der Waals surface area contributed by atoms with E-state index in [4.69, 9.17) is 33.2 Å². The maximum atomic E-state index is 5.28. The standard InChI is InChI=1S/C14H22O7/c1-2-16-5-6-18-9-10-20-13-14-21-12-11-19-8-7-17-4-3-15-1/h1-2,7-10H,3-6,11-14H2. The Balaban J connectivity index is 2.16. The van der Waals surface area contributed by atoms with Crippen molar-refractivity contribution in [3.8, 4) is 0 Å². The molecule has 0 atom stereocenters. The fourth-order valence-corrected chi connectivity index (χ4v) is 1.15. The van der Waals surface area contributed by atoms with Gasteiger partial charge >= 0.3 is 0 Å². The zero-order valence-corrected chi connectivity index (χ0v) is 12.0. The molecular formula is C14H22O7. The topological polar surface area (TPSA) is 64.6 Å². The van der Waals surface area contributed by atoms with Crippen molar-refractivity contribution in [3.05, 3.63) is 37.6 Å². The molecule has 0 aliphatic carbocycles. The molecule has 0 aromatic carbocycles. The van der Waals surface area contributed by atoms with Gasteiger partial charge in [-0.3, -0.25) is 0 Å². The summed E-state index contributed by atoms with van der Waals surface area (Å²) in [6.45, 7) is 3.56. The van der Waals surface area contributed by atoms with Crippen molar-refractivity contribution in [3.63, 3.8) is 0 Å². The van der Waals surface area contributed by atoms with Crippen LogP contribution in [-0.2, 0) is 33.2 Å². The molecule has 1 aliphatic heterocycles. The molecule has 0 aromatic heterocycles. The fourth-order valence-electron chi connectivity index (χ4n) is 1.15. The lowest BCUT2D eigenvalue weighted by Gasteiger charge is -2.04. The first kappa shape index (κ1) is 17.0. The molecule has 0 fully saturated rings. The second-order valence-electron chi connectivity index (χ2n) is 3.65. The first-order chi connectivity index (χ1) is 10.5. The van der Waals surface area contributed by atoms with Crippen molar-refractivity contribution in [2.24, 2.45) is 0 Å². The summed E-state index contributed by atoms with van der Waals surface area (Å²) in [5, 5.41) is 0. The van der Waals surface area contributed by atoms with Crippen molar-refractivity contribution in [2.75, 3.05) is 52.9 Å². The van der Waals surface area contributed by atoms with Crippen molar-refractivity contribution in [1.82, 2.24) is 0 Å². The van der Waals surface area contributed by atoms with Gasteiger partial charge in [0.2, 0.25) is 0 Å². The van der Waals surface area contributed by atoms with Crippen LogP contribution in [0, 0.1) is 0 Å². The van der Waals surface area contributed by atoms with Crippen LogP contribution >= 0.6 is 0 Å². The highest BCUT2D eigenvalue weighted by Gasteiger charge is 1.89. The molecule has 1 heterocycles. The van der Waals surface area contributed by atoms with Gasteiger partial charge in [-0.05, 0) is 0 Å². The maximum absolute atomic E-state index is 5.28. The van der Waals surface area contributed by atoms with Crippen molar-refractivity contribution in [2.45, 2.75) is 0 Å². The van der Waals surface area contributed by atoms with Crippen LogP contribution in [0.5, 0.6) is 0 Å². The van der Waals surface area contributed by atoms with E-state index < -0.39 is 0 Å². The van der Waals surface area contributed by atoms with Gasteiger partial charge in [0.15, 0.2) is 0 Å². The van der Waals surface area contributed by atoms with Crippen LogP contribution in [0.1, 0.15) is 0 Å². The number of ether oxygens (including phenoxy) is 7. The van der Waals surface area contributed by atoms with Gasteiger partial charge in [0.25, 0.3) is 0 Å². The Kier molecular flexibility index (Phi) is 11.7. The summed E-state index contributed by atoms with van der Waals surface area (Å²) in [5.74, 6) is 0. The quantitative estimate of drug-likeness (QED) is 0.672. The molecule has 21 heavy (non-hydrogen) atoms. The van der Waals surface area contributed by atoms with E-state index in [2.05, 4.69) is 0 Å². The summed E-state index contributed by atoms with van der Waals surface area (Å²) in [6, 6.07) is 0. The highest BCUT2D eigenvalue weighted by Crippen LogP contribution is 1.88. The second-order valence-corrected chi connectivity index (χ2v) is 3.65. The Morgan fingerprint density at radius 2 is 0.571 bits per heavy atom. The van der Waals surface area contributed by atoms with Crippen LogP contribution in [0.2, 0.25) is 0 Å². The van der Waals surface area contributed by atoms with Gasteiger partial charge in [-0.1, -0.05) is 0 Å². The van der Waals surface area contributed by atoms with Gasteiger partial charge in [-0.15, -0.1) is 0 Å². The third-order valence-electron chi connectivity index (χ3n) is 2.07. The van der Waals surface area contributed by atoms with Crippen molar-refractivity contribution >= 4 is 0 Å². The smallest absolute Gasteiger partial charge is 0.121 e. The van der Waals surface area contributed by atoms with Crippen LogP contribution in [0.25, 0.3) is 0 Å². The molecule has 0 saturated carbocycles. The minimum atomic E-state index is 0.421. The summed E-state index contributed by atoms with van der Waals surface area (Å²) in [6.07, 6.45) is 8.81. The molecule has 0 aromatic rings. The molecule has 0 amide bonds. The van der Waals surface area contributed by atoms with Gasteiger partial charge in [0, 0.05) is 0 Å². The molecular weight excluding hydrogens is 280 g/mol. The third-order valence-corrected chi connectivity index (χ3v) is 2.07. The van der Waals surface area contributed by atoms with Gasteiger partial charge < -0.3 is 33.2 Å². The van der Waals surface area contributed by atoms with Crippen LogP contribution in [-0.4, -0.2) is 52.9 Å². The Hall–Kier alpha value is -2.02. The summed E-state index contributed by atoms with van der Waals surface area (Å²) >= 11 is 0. The molecule has 0 unspecified atom stereocenters. The zero-order chi connectivity index (χ0) is 14.8. The largest absolute Gasteiger partial charge is 0.496 e. The van der Waals surface area contributed by atoms with E-state index in [0.717, 1.165) is 0 Å². The molecule has 7 heteroatoms. The SMILES string of the molecule is C1=COCCOC=COCCOCCOC=COCCO1. The molecule has 0 N–H and O–H groups in total. The van der Waals surface area contributed by atoms with E-state index >= 15 is 0 Å². The van der Waals surface area contributed by atoms with Gasteiger partial charge in [0.05, 0.1) is 13.2 Å². The summed E-state index contributed by atoms with van der Waals surface area (Å²) in [4.78, 5) is 0. The number of hydrogen-bond acceptors (Lipinski definition) is 7. The predicted molar refractivity (Wildman–Crippen MR) is 74.0 cm³/mol. The summed E-state index contributed by atoms with van der Waals surface area (Å²) in [7, 11) is 0. The van der Waals surface area contributed by atoms with Gasteiger partial charge in [0.1, 0.15) is 77.2 Å². The second kappa shape index (κ2) is 14.4. The first-order valence-electron chi connectivity index (χ1n) is 6.72. The van der Waals surface area contributed by atoms with Crippen LogP contribution in [0.15, 0.2) is 37.6 Å². The zero-order valence-electron chi connectivity index (χ0n) is 12.0. The van der Waals surface area contributed by atoms with Gasteiger partial charge in [-0.2, -0.15) is 0 Å². The lowest BCUT2D eigenvalue weighted by Crippen LogP contribution is -2.06. The molecule has 0 radical (unpaired) electrons. The molecule has 0 saturated heterocycles. The normalized spacial score (nSPS) is 19.4. The maximum Gasteiger partial charge on any atom is 0.121 e. The fraction of sp³-hybridized carbons (Fsp3) is 0.571. The Bertz CT molecular complexity index is 274. The van der Waals surface area contributed by atoms with Crippen molar-refractivity contribution < 1.29 is 33.2 Å². The molecule has 0 bridgehead atoms. The Morgan fingerprint density at radius 3 is 0.857 bits per heavy atom. The van der Waals surface area contributed by atoms with Crippen LogP contribution < -0.4 is 0 Å². The highest BCUT2D eigenvalue weighted by atomic mass is 16.6. The summed E-state index contributed by atoms with van der Waals surface area (Å²) in [5.41, 5.74) is 0. The van der Waals surface area contributed by atoms with Crippen molar-refractivity contribution in [1.29, 1.82) is 0 Å².